The van der Waals surface area contributed by atoms with Crippen LogP contribution in [0.2, 0.25) is 0 Å². The van der Waals surface area contributed by atoms with Crippen molar-refractivity contribution in [1.82, 2.24) is 0 Å². The second-order valence-corrected chi connectivity index (χ2v) is 9.11. The second-order valence-electron chi connectivity index (χ2n) is 6.35. The van der Waals surface area contributed by atoms with Crippen molar-refractivity contribution in [3.63, 3.8) is 0 Å². The van der Waals surface area contributed by atoms with Crippen molar-refractivity contribution in [1.29, 1.82) is 0 Å². The van der Waals surface area contributed by atoms with Crippen molar-refractivity contribution in [2.75, 3.05) is 0 Å². The topological polar surface area (TPSA) is 180 Å². The van der Waals surface area contributed by atoms with Crippen LogP contribution in [0.1, 0.15) is 11.1 Å². The summed E-state index contributed by atoms with van der Waals surface area (Å²) in [7, 11) is -9.45. The fourth-order valence-electron chi connectivity index (χ4n) is 2.54. The molecule has 3 rings (SSSR count). The maximum atomic E-state index is 11.2. The van der Waals surface area contributed by atoms with Crippen LogP contribution in [0.5, 0.6) is 11.5 Å². The van der Waals surface area contributed by atoms with E-state index >= 15 is 0 Å². The number of aliphatic imine (C=N–C) groups is 2. The van der Waals surface area contributed by atoms with Crippen LogP contribution in [0, 0.1) is 0 Å². The molecule has 15 heteroatoms. The molecule has 0 amide bonds. The predicted octanol–water partition coefficient (Wildman–Crippen LogP) is -3.59. The van der Waals surface area contributed by atoms with Gasteiger partial charge in [0.15, 0.2) is 0 Å². The Kier molecular flexibility index (Phi) is 13.6. The number of nitrogens with zero attached hydrogens (tertiary/aromatic N) is 2. The van der Waals surface area contributed by atoms with Gasteiger partial charge in [-0.2, -0.15) is 0 Å². The SMILES string of the molecule is O=S(=O)([O-])c1ccc(O)c(C=Nc2ccccc2N=Cc2cc(S(=O)(=O)[O-])ccc2O)c1.[Co].[Na+].[Na+]. The molecule has 175 valence electrons. The monoisotopic (exact) mass is 579 g/mol. The summed E-state index contributed by atoms with van der Waals surface area (Å²) < 4.78 is 67.1. The summed E-state index contributed by atoms with van der Waals surface area (Å²) in [5, 5.41) is 19.8. The van der Waals surface area contributed by atoms with E-state index in [-0.39, 0.29) is 110 Å². The standard InChI is InChI=1S/C20H16N2O8S2.Co.2Na/c23-19-7-5-15(31(25,26)27)9-13(19)11-21-17-3-1-2-4-18(17)22-12-14-10-16(32(28,29)30)6-8-20(14)24;;;/h1-12,23-24H,(H,25,26,27)(H,28,29,30);;;/q;;2*+1/p-2. The normalized spacial score (nSPS) is 11.5. The number of hydrogen-bond donors (Lipinski definition) is 2. The van der Waals surface area contributed by atoms with Gasteiger partial charge in [-0.1, -0.05) is 12.1 Å². The van der Waals surface area contributed by atoms with Gasteiger partial charge in [-0.25, -0.2) is 16.8 Å². The van der Waals surface area contributed by atoms with E-state index in [1.807, 2.05) is 0 Å². The van der Waals surface area contributed by atoms with Crippen molar-refractivity contribution >= 4 is 44.0 Å². The van der Waals surface area contributed by atoms with Crippen LogP contribution < -0.4 is 59.1 Å². The van der Waals surface area contributed by atoms with Gasteiger partial charge >= 0.3 is 59.1 Å². The molecule has 0 unspecified atom stereocenters. The molecule has 1 radical (unpaired) electrons. The maximum Gasteiger partial charge on any atom is 1.00 e. The molecule has 0 fully saturated rings. The minimum Gasteiger partial charge on any atom is -0.744 e. The third-order valence-corrected chi connectivity index (χ3v) is 5.81. The Balaban J connectivity index is 0.00000385. The van der Waals surface area contributed by atoms with E-state index in [2.05, 4.69) is 9.98 Å². The molecule has 0 aliphatic heterocycles. The summed E-state index contributed by atoms with van der Waals surface area (Å²) >= 11 is 0. The molecule has 0 aliphatic rings. The molecule has 0 heterocycles. The number of para-hydroxylation sites is 2. The van der Waals surface area contributed by atoms with Gasteiger partial charge in [0, 0.05) is 40.3 Å². The Morgan fingerprint density at radius 2 is 1.00 bits per heavy atom. The second kappa shape index (κ2) is 14.0. The molecule has 0 bridgehead atoms. The Hall–Kier alpha value is -1.07. The molecular weight excluding hydrogens is 565 g/mol. The van der Waals surface area contributed by atoms with Crippen LogP contribution >= 0.6 is 0 Å². The summed E-state index contributed by atoms with van der Waals surface area (Å²) in [6.07, 6.45) is 2.28. The Morgan fingerprint density at radius 1 is 0.657 bits per heavy atom. The summed E-state index contributed by atoms with van der Waals surface area (Å²) in [5.74, 6) is -0.606. The first-order chi connectivity index (χ1) is 14.9. The molecule has 0 atom stereocenters. The number of benzene rings is 3. The van der Waals surface area contributed by atoms with Gasteiger partial charge in [0.2, 0.25) is 0 Å². The predicted molar refractivity (Wildman–Crippen MR) is 113 cm³/mol. The molecule has 35 heavy (non-hydrogen) atoms. The first kappa shape index (κ1) is 33.9. The minimum atomic E-state index is -4.73. The van der Waals surface area contributed by atoms with E-state index in [1.54, 1.807) is 24.3 Å². The van der Waals surface area contributed by atoms with Crippen LogP contribution in [0.3, 0.4) is 0 Å². The first-order valence-electron chi connectivity index (χ1n) is 8.70. The van der Waals surface area contributed by atoms with E-state index in [1.165, 1.54) is 0 Å². The first-order valence-corrected chi connectivity index (χ1v) is 11.5. The van der Waals surface area contributed by atoms with Gasteiger partial charge in [-0.3, -0.25) is 9.98 Å². The fraction of sp³-hybridized carbons (Fsp3) is 0. The zero-order valence-corrected chi connectivity index (χ0v) is 25.0. The molecule has 0 aliphatic carbocycles. The Bertz CT molecular complexity index is 1350. The van der Waals surface area contributed by atoms with Crippen molar-refractivity contribution in [3.05, 3.63) is 71.8 Å². The molecule has 2 N–H and O–H groups in total. The maximum absolute atomic E-state index is 11.2. The molecular formula is C20H14CoN2Na2O8S2. The molecule has 0 spiro atoms. The number of rotatable bonds is 6. The number of phenols is 2. The van der Waals surface area contributed by atoms with Crippen molar-refractivity contribution < 1.29 is 112 Å². The van der Waals surface area contributed by atoms with Gasteiger partial charge in [0.1, 0.15) is 31.7 Å². The zero-order valence-electron chi connectivity index (χ0n) is 18.3. The van der Waals surface area contributed by atoms with E-state index in [0.29, 0.717) is 0 Å². The largest absolute Gasteiger partial charge is 1.00 e. The van der Waals surface area contributed by atoms with Crippen LogP contribution in [0.25, 0.3) is 0 Å². The van der Waals surface area contributed by atoms with Crippen molar-refractivity contribution in [2.24, 2.45) is 9.98 Å². The third kappa shape index (κ3) is 9.39. The van der Waals surface area contributed by atoms with Crippen molar-refractivity contribution in [3.8, 4) is 11.5 Å². The molecule has 10 nitrogen and oxygen atoms in total. The quantitative estimate of drug-likeness (QED) is 0.171. The third-order valence-electron chi connectivity index (χ3n) is 4.14. The summed E-state index contributed by atoms with van der Waals surface area (Å²) in [6.45, 7) is 0. The van der Waals surface area contributed by atoms with E-state index < -0.39 is 30.0 Å². The molecule has 0 aromatic heterocycles. The van der Waals surface area contributed by atoms with Crippen LogP contribution in [0.4, 0.5) is 11.4 Å². The fourth-order valence-corrected chi connectivity index (χ4v) is 3.56. The molecule has 3 aromatic rings. The summed E-state index contributed by atoms with van der Waals surface area (Å²) in [5.41, 5.74) is 0.495. The van der Waals surface area contributed by atoms with Crippen LogP contribution in [0.15, 0.2) is 80.4 Å². The molecule has 0 saturated carbocycles. The zero-order chi connectivity index (χ0) is 23.5. The average molecular weight is 579 g/mol. The number of aromatic hydroxyl groups is 2. The van der Waals surface area contributed by atoms with Gasteiger partial charge in [-0.05, 0) is 48.5 Å². The number of hydrogen-bond acceptors (Lipinski definition) is 10. The van der Waals surface area contributed by atoms with Gasteiger partial charge < -0.3 is 19.3 Å². The van der Waals surface area contributed by atoms with Crippen LogP contribution in [-0.4, -0.2) is 48.6 Å². The van der Waals surface area contributed by atoms with E-state index in [0.717, 1.165) is 48.8 Å². The summed E-state index contributed by atoms with van der Waals surface area (Å²) in [4.78, 5) is 7.23. The smallest absolute Gasteiger partial charge is 0.744 e. The average Bonchev–Trinajstić information content (AvgIpc) is 2.71. The van der Waals surface area contributed by atoms with E-state index in [9.17, 15) is 36.2 Å². The molecule has 3 aromatic carbocycles. The van der Waals surface area contributed by atoms with Gasteiger partial charge in [0.05, 0.1) is 21.2 Å². The van der Waals surface area contributed by atoms with Crippen molar-refractivity contribution in [2.45, 2.75) is 9.79 Å². The van der Waals surface area contributed by atoms with Gasteiger partial charge in [-0.15, -0.1) is 0 Å². The minimum absolute atomic E-state index is 0. The van der Waals surface area contributed by atoms with E-state index in [4.69, 9.17) is 0 Å². The van der Waals surface area contributed by atoms with Crippen LogP contribution in [-0.2, 0) is 37.0 Å². The van der Waals surface area contributed by atoms with Gasteiger partial charge in [0.25, 0.3) is 0 Å². The molecule has 0 saturated heterocycles. The Morgan fingerprint density at radius 3 is 1.31 bits per heavy atom. The number of phenolic OH excluding ortho intramolecular Hbond substituents is 2. The Labute approximate surface area is 256 Å². The summed E-state index contributed by atoms with van der Waals surface area (Å²) in [6, 6.07) is 12.3.